The lowest BCUT2D eigenvalue weighted by Crippen LogP contribution is -2.94. The first kappa shape index (κ1) is 23.7. The van der Waals surface area contributed by atoms with Gasteiger partial charge in [0.15, 0.2) is 0 Å². The largest absolute Gasteiger partial charge is 0.390 e. The maximum atomic E-state index is 14.1. The van der Waals surface area contributed by atoms with Gasteiger partial charge in [-0.15, -0.1) is 5.10 Å². The van der Waals surface area contributed by atoms with Crippen molar-refractivity contribution >= 4 is 5.78 Å². The van der Waals surface area contributed by atoms with Crippen LogP contribution in [0.15, 0.2) is 36.5 Å². The van der Waals surface area contributed by atoms with E-state index >= 15 is 0 Å². The van der Waals surface area contributed by atoms with E-state index in [-0.39, 0.29) is 35.6 Å². The van der Waals surface area contributed by atoms with Gasteiger partial charge in [0.05, 0.1) is 30.4 Å². The molecule has 2 bridgehead atoms. The zero-order valence-electron chi connectivity index (χ0n) is 22.4. The van der Waals surface area contributed by atoms with Gasteiger partial charge >= 0.3 is 0 Å². The Hall–Kier alpha value is -2.13. The molecule has 9 rings (SSSR count). The topological polar surface area (TPSA) is 118 Å². The van der Waals surface area contributed by atoms with Crippen LogP contribution in [0, 0.1) is 51.2 Å². The summed E-state index contributed by atoms with van der Waals surface area (Å²) in [4.78, 5) is 14.1. The fraction of sp³-hybridized carbons (Fsp3) is 0.700. The first-order chi connectivity index (χ1) is 17.9. The molecule has 2 aromatic rings. The van der Waals surface area contributed by atoms with Crippen LogP contribution in [0.5, 0.6) is 0 Å². The summed E-state index contributed by atoms with van der Waals surface area (Å²) in [7, 11) is 0. The molecule has 8 heteroatoms. The number of aliphatic hydroxyl groups is 3. The maximum absolute atomic E-state index is 14.1. The highest BCUT2D eigenvalue weighted by atomic mass is 16.6. The molecule has 11 atom stereocenters. The minimum Gasteiger partial charge on any atom is -0.390 e. The zero-order chi connectivity index (χ0) is 26.6. The Morgan fingerprint density at radius 1 is 1.05 bits per heavy atom. The van der Waals surface area contributed by atoms with Crippen LogP contribution >= 0.6 is 0 Å². The summed E-state index contributed by atoms with van der Waals surface area (Å²) in [5.74, 6) is -2.35. The second-order valence-corrected chi connectivity index (χ2v) is 14.5. The molecule has 2 aliphatic heterocycles. The molecule has 7 aliphatic rings. The average Bonchev–Trinajstić information content (AvgIpc) is 3.36. The minimum absolute atomic E-state index is 0.00623. The van der Waals surface area contributed by atoms with E-state index in [2.05, 4.69) is 38.0 Å². The average molecular weight is 520 g/mol. The van der Waals surface area contributed by atoms with Crippen LogP contribution in [0.2, 0.25) is 0 Å². The van der Waals surface area contributed by atoms with Crippen molar-refractivity contribution in [3.63, 3.8) is 0 Å². The SMILES string of the molecule is CC1(C)C[C@H](n2cc(-c3ccccc3)nn2)[C@@H](O)[C@]23CO[C@](O)([C@@H](O)[C@H]12)[C@@]12C(=O)C4[C@@H]1[C@@H](CC[C@@H]32)C4(C)C. The number of carbonyl (C=O) groups is 1. The predicted molar refractivity (Wildman–Crippen MR) is 136 cm³/mol. The van der Waals surface area contributed by atoms with Gasteiger partial charge in [0.2, 0.25) is 5.79 Å². The van der Waals surface area contributed by atoms with Crippen molar-refractivity contribution in [1.82, 2.24) is 15.0 Å². The van der Waals surface area contributed by atoms with Crippen LogP contribution in [0.25, 0.3) is 11.3 Å². The summed E-state index contributed by atoms with van der Waals surface area (Å²) in [5, 5.41) is 45.4. The number of benzene rings is 1. The van der Waals surface area contributed by atoms with E-state index in [9.17, 15) is 20.1 Å². The van der Waals surface area contributed by atoms with Crippen molar-refractivity contribution in [3.8, 4) is 11.3 Å². The lowest BCUT2D eigenvalue weighted by Gasteiger charge is -2.85. The van der Waals surface area contributed by atoms with Crippen molar-refractivity contribution in [2.24, 2.45) is 51.2 Å². The molecule has 2 saturated heterocycles. The number of carbonyl (C=O) groups excluding carboxylic acids is 1. The number of ketones is 1. The van der Waals surface area contributed by atoms with E-state index in [0.29, 0.717) is 12.3 Å². The molecule has 5 aliphatic carbocycles. The maximum Gasteiger partial charge on any atom is 0.205 e. The molecule has 2 spiro atoms. The summed E-state index contributed by atoms with van der Waals surface area (Å²) in [6, 6.07) is 9.45. The third kappa shape index (κ3) is 2.20. The lowest BCUT2D eigenvalue weighted by atomic mass is 9.19. The number of aliphatic hydroxyl groups excluding tert-OH is 2. The van der Waals surface area contributed by atoms with Gasteiger partial charge in [-0.3, -0.25) is 4.79 Å². The van der Waals surface area contributed by atoms with Gasteiger partial charge in [0, 0.05) is 22.8 Å². The molecule has 8 nitrogen and oxygen atoms in total. The number of hydrogen-bond donors (Lipinski definition) is 3. The second-order valence-electron chi connectivity index (χ2n) is 14.5. The molecular formula is C30H37N3O5. The summed E-state index contributed by atoms with van der Waals surface area (Å²) in [5.41, 5.74) is -0.896. The Balaban J connectivity index is 1.27. The molecule has 5 saturated carbocycles. The Morgan fingerprint density at radius 3 is 2.53 bits per heavy atom. The van der Waals surface area contributed by atoms with E-state index in [1.54, 1.807) is 4.68 Å². The van der Waals surface area contributed by atoms with E-state index in [1.807, 2.05) is 36.5 Å². The van der Waals surface area contributed by atoms with Crippen molar-refractivity contribution < 1.29 is 24.9 Å². The first-order valence-electron chi connectivity index (χ1n) is 14.2. The number of nitrogens with zero attached hydrogens (tertiary/aromatic N) is 3. The van der Waals surface area contributed by atoms with Crippen LogP contribution < -0.4 is 0 Å². The molecule has 3 heterocycles. The summed E-state index contributed by atoms with van der Waals surface area (Å²) in [6.07, 6.45) is 1.99. The fourth-order valence-corrected chi connectivity index (χ4v) is 11.4. The van der Waals surface area contributed by atoms with Crippen LogP contribution in [-0.4, -0.2) is 60.7 Å². The zero-order valence-corrected chi connectivity index (χ0v) is 22.4. The fourth-order valence-electron chi connectivity index (χ4n) is 11.4. The quantitative estimate of drug-likeness (QED) is 0.559. The van der Waals surface area contributed by atoms with Crippen molar-refractivity contribution in [2.45, 2.75) is 71.0 Å². The number of hydrogen-bond acceptors (Lipinski definition) is 7. The van der Waals surface area contributed by atoms with Gasteiger partial charge in [-0.25, -0.2) is 4.68 Å². The number of aromatic nitrogens is 3. The lowest BCUT2D eigenvalue weighted by molar-refractivity contribution is -0.490. The van der Waals surface area contributed by atoms with E-state index < -0.39 is 46.2 Å². The highest BCUT2D eigenvalue weighted by Crippen LogP contribution is 2.86. The van der Waals surface area contributed by atoms with Crippen LogP contribution in [0.1, 0.15) is 53.0 Å². The Bertz CT molecular complexity index is 1360. The highest BCUT2D eigenvalue weighted by molar-refractivity contribution is 5.99. The predicted octanol–water partition coefficient (Wildman–Crippen LogP) is 2.84. The highest BCUT2D eigenvalue weighted by Gasteiger charge is 2.93. The summed E-state index contributed by atoms with van der Waals surface area (Å²) < 4.78 is 8.02. The Morgan fingerprint density at radius 2 is 1.79 bits per heavy atom. The van der Waals surface area contributed by atoms with Gasteiger partial charge in [-0.1, -0.05) is 63.2 Å². The van der Waals surface area contributed by atoms with E-state index in [1.165, 1.54) is 0 Å². The smallest absolute Gasteiger partial charge is 0.205 e. The Kier molecular flexibility index (Phi) is 4.23. The minimum atomic E-state index is -1.91. The molecule has 202 valence electrons. The summed E-state index contributed by atoms with van der Waals surface area (Å²) in [6.45, 7) is 8.67. The third-order valence-corrected chi connectivity index (χ3v) is 12.6. The molecule has 1 unspecified atom stereocenters. The van der Waals surface area contributed by atoms with Gasteiger partial charge in [0.25, 0.3) is 0 Å². The van der Waals surface area contributed by atoms with Gasteiger partial charge in [-0.2, -0.15) is 0 Å². The monoisotopic (exact) mass is 519 g/mol. The molecule has 0 amide bonds. The van der Waals surface area contributed by atoms with Gasteiger partial charge in [-0.05, 0) is 47.8 Å². The number of fused-ring (bicyclic) bond motifs is 1. The molecule has 1 aromatic carbocycles. The first-order valence-corrected chi connectivity index (χ1v) is 14.2. The summed E-state index contributed by atoms with van der Waals surface area (Å²) >= 11 is 0. The van der Waals surface area contributed by atoms with Crippen LogP contribution in [0.4, 0.5) is 0 Å². The van der Waals surface area contributed by atoms with E-state index in [4.69, 9.17) is 4.74 Å². The van der Waals surface area contributed by atoms with Gasteiger partial charge in [0.1, 0.15) is 17.6 Å². The normalized spacial score (nSPS) is 50.8. The third-order valence-electron chi connectivity index (χ3n) is 12.6. The molecule has 3 N–H and O–H groups in total. The molecule has 38 heavy (non-hydrogen) atoms. The number of rotatable bonds is 2. The molecular weight excluding hydrogens is 482 g/mol. The molecule has 1 aromatic heterocycles. The Labute approximate surface area is 222 Å². The second kappa shape index (κ2) is 6.77. The van der Waals surface area contributed by atoms with Crippen molar-refractivity contribution in [3.05, 3.63) is 36.5 Å². The number of ether oxygens (including phenoxy) is 1. The van der Waals surface area contributed by atoms with Crippen LogP contribution in [0.3, 0.4) is 0 Å². The van der Waals surface area contributed by atoms with Gasteiger partial charge < -0.3 is 20.1 Å². The standard InChI is InChI=1S/C30H37N3O5/c1-26(2)12-18(33-13-17(31-32-33)15-8-6-5-7-9-15)23(34)28-14-38-30(37,25(36)22(26)28)29-19(28)11-10-16-20(29)21(24(29)35)27(16,3)4/h5-9,13,16,18-23,25,34,36-37H,10-12,14H2,1-4H3/t16-,18+,19+,20+,21?,22-,23-,25+,28+,29-,30-/m1/s1. The molecule has 0 radical (unpaired) electrons. The van der Waals surface area contributed by atoms with Crippen LogP contribution in [-0.2, 0) is 9.53 Å². The number of Topliss-reactive ketones (excluding diaryl/α,β-unsaturated/α-hetero) is 1. The van der Waals surface area contributed by atoms with E-state index in [0.717, 1.165) is 24.1 Å². The molecule has 7 fully saturated rings. The van der Waals surface area contributed by atoms with Crippen molar-refractivity contribution in [1.29, 1.82) is 0 Å². The van der Waals surface area contributed by atoms with Crippen molar-refractivity contribution in [2.75, 3.05) is 6.61 Å².